The summed E-state index contributed by atoms with van der Waals surface area (Å²) in [4.78, 5) is 12.0. The second-order valence-corrected chi connectivity index (χ2v) is 5.57. The molecule has 0 bridgehead atoms. The number of ketones is 1. The maximum absolute atomic E-state index is 12.0. The van der Waals surface area contributed by atoms with Gasteiger partial charge in [0.05, 0.1) is 6.04 Å². The Morgan fingerprint density at radius 1 is 1.35 bits per heavy atom. The van der Waals surface area contributed by atoms with E-state index in [1.165, 1.54) is 24.3 Å². The van der Waals surface area contributed by atoms with E-state index in [1.807, 2.05) is 0 Å². The quantitative estimate of drug-likeness (QED) is 0.927. The average Bonchev–Trinajstić information content (AvgIpc) is 2.40. The van der Waals surface area contributed by atoms with Crippen molar-refractivity contribution in [1.82, 2.24) is 5.32 Å². The van der Waals surface area contributed by atoms with E-state index < -0.39 is 6.36 Å². The molecular formula is C13H14F3NO2S. The van der Waals surface area contributed by atoms with Crippen LogP contribution in [0.25, 0.3) is 0 Å². The number of alkyl halides is 3. The van der Waals surface area contributed by atoms with Gasteiger partial charge in [0.2, 0.25) is 0 Å². The van der Waals surface area contributed by atoms with Crippen LogP contribution in [0.3, 0.4) is 0 Å². The molecule has 3 nitrogen and oxygen atoms in total. The van der Waals surface area contributed by atoms with Crippen LogP contribution in [-0.4, -0.2) is 36.2 Å². The molecule has 1 unspecified atom stereocenters. The largest absolute Gasteiger partial charge is 0.573 e. The molecule has 0 radical (unpaired) electrons. The predicted molar refractivity (Wildman–Crippen MR) is 71.0 cm³/mol. The number of rotatable bonds is 4. The lowest BCUT2D eigenvalue weighted by molar-refractivity contribution is -0.274. The Morgan fingerprint density at radius 2 is 2.05 bits per heavy atom. The molecule has 1 aliphatic heterocycles. The lowest BCUT2D eigenvalue weighted by Crippen LogP contribution is -2.44. The van der Waals surface area contributed by atoms with Crippen molar-refractivity contribution in [3.05, 3.63) is 29.8 Å². The summed E-state index contributed by atoms with van der Waals surface area (Å²) in [5, 5.41) is 3.14. The number of ether oxygens (including phenoxy) is 1. The molecule has 1 fully saturated rings. The van der Waals surface area contributed by atoms with Crippen LogP contribution in [0.15, 0.2) is 24.3 Å². The van der Waals surface area contributed by atoms with Gasteiger partial charge in [-0.05, 0) is 17.7 Å². The van der Waals surface area contributed by atoms with E-state index in [1.54, 1.807) is 11.8 Å². The number of halogens is 3. The molecule has 1 atom stereocenters. The van der Waals surface area contributed by atoms with E-state index in [-0.39, 0.29) is 24.0 Å². The van der Waals surface area contributed by atoms with Crippen molar-refractivity contribution in [3.63, 3.8) is 0 Å². The molecular weight excluding hydrogens is 291 g/mol. The first kappa shape index (κ1) is 15.2. The van der Waals surface area contributed by atoms with Crippen LogP contribution in [0, 0.1) is 0 Å². The van der Waals surface area contributed by atoms with Crippen molar-refractivity contribution in [3.8, 4) is 5.75 Å². The summed E-state index contributed by atoms with van der Waals surface area (Å²) in [5.41, 5.74) is 0.682. The highest BCUT2D eigenvalue weighted by Gasteiger charge is 2.31. The van der Waals surface area contributed by atoms with Gasteiger partial charge < -0.3 is 10.1 Å². The van der Waals surface area contributed by atoms with Gasteiger partial charge in [-0.1, -0.05) is 12.1 Å². The maximum Gasteiger partial charge on any atom is 0.573 e. The lowest BCUT2D eigenvalue weighted by Gasteiger charge is -2.21. The molecule has 1 heterocycles. The van der Waals surface area contributed by atoms with Crippen LogP contribution >= 0.6 is 11.8 Å². The Kier molecular flexibility index (Phi) is 4.93. The number of nitrogens with one attached hydrogen (secondary N) is 1. The van der Waals surface area contributed by atoms with Crippen LogP contribution in [0.2, 0.25) is 0 Å². The summed E-state index contributed by atoms with van der Waals surface area (Å²) in [6, 6.07) is 5.24. The van der Waals surface area contributed by atoms with Crippen LogP contribution < -0.4 is 10.1 Å². The van der Waals surface area contributed by atoms with E-state index in [4.69, 9.17) is 0 Å². The van der Waals surface area contributed by atoms with Crippen molar-refractivity contribution >= 4 is 17.5 Å². The van der Waals surface area contributed by atoms with Crippen molar-refractivity contribution < 1.29 is 22.7 Å². The van der Waals surface area contributed by atoms with Gasteiger partial charge in [-0.2, -0.15) is 11.8 Å². The first-order valence-corrected chi connectivity index (χ1v) is 7.28. The van der Waals surface area contributed by atoms with Crippen molar-refractivity contribution in [2.24, 2.45) is 0 Å². The van der Waals surface area contributed by atoms with Crippen molar-refractivity contribution in [2.45, 2.75) is 18.8 Å². The number of hydrogen-bond acceptors (Lipinski definition) is 4. The lowest BCUT2D eigenvalue weighted by atomic mass is 10.0. The third kappa shape index (κ3) is 4.72. The van der Waals surface area contributed by atoms with Crippen molar-refractivity contribution in [2.75, 3.05) is 18.1 Å². The van der Waals surface area contributed by atoms with E-state index in [0.717, 1.165) is 18.1 Å². The molecule has 1 aromatic carbocycles. The zero-order chi connectivity index (χ0) is 14.6. The summed E-state index contributed by atoms with van der Waals surface area (Å²) in [5.74, 6) is 1.52. The van der Waals surface area contributed by atoms with Crippen LogP contribution in [0.5, 0.6) is 5.75 Å². The van der Waals surface area contributed by atoms with Gasteiger partial charge in [0, 0.05) is 24.5 Å². The molecule has 1 aliphatic rings. The van der Waals surface area contributed by atoms with E-state index in [2.05, 4.69) is 10.1 Å². The summed E-state index contributed by atoms with van der Waals surface area (Å²) in [6.07, 6.45) is -4.48. The number of carbonyl (C=O) groups is 1. The van der Waals surface area contributed by atoms with Gasteiger partial charge in [0.15, 0.2) is 5.78 Å². The second-order valence-electron chi connectivity index (χ2n) is 4.42. The molecule has 0 aliphatic carbocycles. The molecule has 20 heavy (non-hydrogen) atoms. The third-order valence-corrected chi connectivity index (χ3v) is 3.91. The highest BCUT2D eigenvalue weighted by atomic mass is 32.2. The minimum absolute atomic E-state index is 0.0571. The van der Waals surface area contributed by atoms with Gasteiger partial charge in [0.25, 0.3) is 0 Å². The Bertz CT molecular complexity index is 456. The molecule has 0 saturated carbocycles. The summed E-state index contributed by atoms with van der Waals surface area (Å²) < 4.78 is 39.8. The fourth-order valence-corrected chi connectivity index (χ4v) is 2.87. The number of hydrogen-bond donors (Lipinski definition) is 1. The molecule has 0 aromatic heterocycles. The van der Waals surface area contributed by atoms with Gasteiger partial charge in [-0.3, -0.25) is 4.79 Å². The molecule has 2 rings (SSSR count). The fourth-order valence-electron chi connectivity index (χ4n) is 1.91. The molecule has 1 aromatic rings. The van der Waals surface area contributed by atoms with Crippen LogP contribution in [0.1, 0.15) is 5.56 Å². The zero-order valence-electron chi connectivity index (χ0n) is 10.6. The topological polar surface area (TPSA) is 38.3 Å². The highest BCUT2D eigenvalue weighted by molar-refractivity contribution is 7.99. The average molecular weight is 305 g/mol. The summed E-state index contributed by atoms with van der Waals surface area (Å²) in [7, 11) is 0. The number of Topliss-reactive ketones (excluding diaryl/α,β-unsaturated/α-hetero) is 1. The molecule has 7 heteroatoms. The second kappa shape index (κ2) is 6.49. The first-order chi connectivity index (χ1) is 9.44. The minimum atomic E-state index is -4.69. The standard InChI is InChI=1S/C13H14F3NO2S/c14-13(15,16)19-10-3-1-9(2-4-10)7-12(18)11-8-20-6-5-17-11/h1-4,11,17H,5-8H2. The van der Waals surface area contributed by atoms with Crippen molar-refractivity contribution in [1.29, 1.82) is 0 Å². The number of thioether (sulfide) groups is 1. The van der Waals surface area contributed by atoms with Crippen LogP contribution in [-0.2, 0) is 11.2 Å². The third-order valence-electron chi connectivity index (χ3n) is 2.85. The van der Waals surface area contributed by atoms with Crippen LogP contribution in [0.4, 0.5) is 13.2 Å². The molecule has 1 N–H and O–H groups in total. The molecule has 0 amide bonds. The molecule has 110 valence electrons. The molecule has 0 spiro atoms. The normalized spacial score (nSPS) is 19.6. The fraction of sp³-hybridized carbons (Fsp3) is 0.462. The summed E-state index contributed by atoms with van der Waals surface area (Å²) >= 11 is 1.72. The minimum Gasteiger partial charge on any atom is -0.406 e. The SMILES string of the molecule is O=C(Cc1ccc(OC(F)(F)F)cc1)C1CSCCN1. The summed E-state index contributed by atoms with van der Waals surface area (Å²) in [6.45, 7) is 0.805. The number of benzene rings is 1. The smallest absolute Gasteiger partial charge is 0.406 e. The van der Waals surface area contributed by atoms with E-state index in [0.29, 0.717) is 5.56 Å². The highest BCUT2D eigenvalue weighted by Crippen LogP contribution is 2.23. The monoisotopic (exact) mass is 305 g/mol. The molecule has 1 saturated heterocycles. The van der Waals surface area contributed by atoms with Gasteiger partial charge in [-0.25, -0.2) is 0 Å². The zero-order valence-corrected chi connectivity index (χ0v) is 11.4. The Labute approximate surface area is 118 Å². The Balaban J connectivity index is 1.91. The first-order valence-electron chi connectivity index (χ1n) is 6.12. The maximum atomic E-state index is 12.0. The Hall–Kier alpha value is -1.21. The number of carbonyl (C=O) groups excluding carboxylic acids is 1. The van der Waals surface area contributed by atoms with Gasteiger partial charge >= 0.3 is 6.36 Å². The van der Waals surface area contributed by atoms with Gasteiger partial charge in [-0.15, -0.1) is 13.2 Å². The van der Waals surface area contributed by atoms with E-state index >= 15 is 0 Å². The van der Waals surface area contributed by atoms with E-state index in [9.17, 15) is 18.0 Å². The Morgan fingerprint density at radius 3 is 2.60 bits per heavy atom. The van der Waals surface area contributed by atoms with Gasteiger partial charge in [0.1, 0.15) is 5.75 Å². The predicted octanol–water partition coefficient (Wildman–Crippen LogP) is 2.40.